The normalized spacial score (nSPS) is 12.6. The number of furan rings is 1. The monoisotopic (exact) mass is 323 g/mol. The van der Waals surface area contributed by atoms with Crippen LogP contribution in [0.1, 0.15) is 28.7 Å². The number of nitrogens with one attached hydrogen (secondary N) is 1. The van der Waals surface area contributed by atoms with Crippen LogP contribution in [0.5, 0.6) is 0 Å². The zero-order valence-electron chi connectivity index (χ0n) is 11.4. The highest BCUT2D eigenvalue weighted by Crippen LogP contribution is 2.31. The van der Waals surface area contributed by atoms with Gasteiger partial charge in [0, 0.05) is 11.6 Å². The molecule has 2 aromatic rings. The predicted octanol–water partition coefficient (Wildman–Crippen LogP) is 3.81. The molecule has 0 saturated carbocycles. The SMILES string of the molecule is CNC(c1ccc(COC)o1)c1cccc(C)c1Br. The summed E-state index contributed by atoms with van der Waals surface area (Å²) in [5.41, 5.74) is 2.38. The summed E-state index contributed by atoms with van der Waals surface area (Å²) in [5.74, 6) is 1.72. The lowest BCUT2D eigenvalue weighted by Crippen LogP contribution is -2.17. The van der Waals surface area contributed by atoms with Gasteiger partial charge in [-0.15, -0.1) is 0 Å². The molecule has 0 bridgehead atoms. The van der Waals surface area contributed by atoms with Crippen LogP contribution in [0.4, 0.5) is 0 Å². The maximum Gasteiger partial charge on any atom is 0.129 e. The Morgan fingerprint density at radius 1 is 1.32 bits per heavy atom. The Bertz CT molecular complexity index is 551. The minimum atomic E-state index is 0.0277. The number of aryl methyl sites for hydroxylation is 1. The second-order valence-electron chi connectivity index (χ2n) is 4.44. The van der Waals surface area contributed by atoms with E-state index in [1.54, 1.807) is 7.11 Å². The molecule has 1 N–H and O–H groups in total. The maximum atomic E-state index is 5.82. The number of ether oxygens (including phenoxy) is 1. The summed E-state index contributed by atoms with van der Waals surface area (Å²) in [6.07, 6.45) is 0. The largest absolute Gasteiger partial charge is 0.462 e. The molecule has 2 rings (SSSR count). The van der Waals surface area contributed by atoms with Crippen LogP contribution in [0.3, 0.4) is 0 Å². The highest BCUT2D eigenvalue weighted by Gasteiger charge is 2.19. The third-order valence-electron chi connectivity index (χ3n) is 3.07. The lowest BCUT2D eigenvalue weighted by molar-refractivity contribution is 0.162. The molecule has 0 spiro atoms. The topological polar surface area (TPSA) is 34.4 Å². The Hall–Kier alpha value is -1.10. The molecule has 0 radical (unpaired) electrons. The fourth-order valence-electron chi connectivity index (χ4n) is 2.11. The van der Waals surface area contributed by atoms with Crippen molar-refractivity contribution < 1.29 is 9.15 Å². The summed E-state index contributed by atoms with van der Waals surface area (Å²) < 4.78 is 12.0. The van der Waals surface area contributed by atoms with Crippen molar-refractivity contribution in [2.75, 3.05) is 14.2 Å². The van der Waals surface area contributed by atoms with Gasteiger partial charge in [-0.05, 0) is 37.2 Å². The number of methoxy groups -OCH3 is 1. The van der Waals surface area contributed by atoms with Crippen molar-refractivity contribution in [1.29, 1.82) is 0 Å². The minimum absolute atomic E-state index is 0.0277. The van der Waals surface area contributed by atoms with Crippen molar-refractivity contribution in [3.05, 3.63) is 57.5 Å². The number of hydrogen-bond acceptors (Lipinski definition) is 3. The first-order chi connectivity index (χ1) is 9.17. The van der Waals surface area contributed by atoms with Crippen LogP contribution in [0.25, 0.3) is 0 Å². The summed E-state index contributed by atoms with van der Waals surface area (Å²) in [5, 5.41) is 3.29. The van der Waals surface area contributed by atoms with E-state index < -0.39 is 0 Å². The molecule has 1 aromatic carbocycles. The van der Waals surface area contributed by atoms with Crippen LogP contribution < -0.4 is 5.32 Å². The molecule has 102 valence electrons. The Morgan fingerprint density at radius 2 is 2.11 bits per heavy atom. The second-order valence-corrected chi connectivity index (χ2v) is 5.23. The zero-order valence-corrected chi connectivity index (χ0v) is 13.0. The predicted molar refractivity (Wildman–Crippen MR) is 79.2 cm³/mol. The molecular formula is C15H18BrNO2. The molecular weight excluding hydrogens is 306 g/mol. The number of halogens is 1. The molecule has 3 nitrogen and oxygen atoms in total. The molecule has 0 aliphatic rings. The molecule has 4 heteroatoms. The fraction of sp³-hybridized carbons (Fsp3) is 0.333. The van der Waals surface area contributed by atoms with Gasteiger partial charge in [0.15, 0.2) is 0 Å². The van der Waals surface area contributed by atoms with E-state index >= 15 is 0 Å². The average Bonchev–Trinajstić information content (AvgIpc) is 2.84. The van der Waals surface area contributed by atoms with E-state index in [9.17, 15) is 0 Å². The Balaban J connectivity index is 2.35. The van der Waals surface area contributed by atoms with Crippen LogP contribution in [0, 0.1) is 6.92 Å². The summed E-state index contributed by atoms with van der Waals surface area (Å²) in [6, 6.07) is 10.2. The molecule has 1 aromatic heterocycles. The van der Waals surface area contributed by atoms with E-state index in [1.807, 2.05) is 19.2 Å². The van der Waals surface area contributed by atoms with Gasteiger partial charge in [-0.3, -0.25) is 0 Å². The maximum absolute atomic E-state index is 5.82. The van der Waals surface area contributed by atoms with Crippen LogP contribution in [0.15, 0.2) is 39.2 Å². The highest BCUT2D eigenvalue weighted by molar-refractivity contribution is 9.10. The van der Waals surface area contributed by atoms with Crippen molar-refractivity contribution >= 4 is 15.9 Å². The lowest BCUT2D eigenvalue weighted by atomic mass is 10.0. The fourth-order valence-corrected chi connectivity index (χ4v) is 2.61. The summed E-state index contributed by atoms with van der Waals surface area (Å²) in [4.78, 5) is 0. The van der Waals surface area contributed by atoms with E-state index in [2.05, 4.69) is 46.4 Å². The zero-order chi connectivity index (χ0) is 13.8. The van der Waals surface area contributed by atoms with Gasteiger partial charge in [0.25, 0.3) is 0 Å². The smallest absolute Gasteiger partial charge is 0.129 e. The first-order valence-corrected chi connectivity index (χ1v) is 6.96. The molecule has 19 heavy (non-hydrogen) atoms. The quantitative estimate of drug-likeness (QED) is 0.908. The molecule has 0 aliphatic carbocycles. The molecule has 1 atom stereocenters. The lowest BCUT2D eigenvalue weighted by Gasteiger charge is -2.17. The van der Waals surface area contributed by atoms with Gasteiger partial charge >= 0.3 is 0 Å². The van der Waals surface area contributed by atoms with E-state index in [4.69, 9.17) is 9.15 Å². The highest BCUT2D eigenvalue weighted by atomic mass is 79.9. The molecule has 0 fully saturated rings. The average molecular weight is 324 g/mol. The van der Waals surface area contributed by atoms with Gasteiger partial charge in [-0.2, -0.15) is 0 Å². The number of benzene rings is 1. The minimum Gasteiger partial charge on any atom is -0.462 e. The Labute approximate surface area is 122 Å². The molecule has 0 aliphatic heterocycles. The van der Waals surface area contributed by atoms with Gasteiger partial charge in [-0.25, -0.2) is 0 Å². The molecule has 1 heterocycles. The van der Waals surface area contributed by atoms with Crippen LogP contribution in [-0.4, -0.2) is 14.2 Å². The third kappa shape index (κ3) is 3.08. The van der Waals surface area contributed by atoms with Gasteiger partial charge in [0.05, 0.1) is 6.04 Å². The third-order valence-corrected chi connectivity index (χ3v) is 4.16. The first-order valence-electron chi connectivity index (χ1n) is 6.17. The number of hydrogen-bond donors (Lipinski definition) is 1. The van der Waals surface area contributed by atoms with E-state index in [1.165, 1.54) is 11.1 Å². The van der Waals surface area contributed by atoms with Crippen molar-refractivity contribution in [2.45, 2.75) is 19.6 Å². The number of rotatable bonds is 5. The van der Waals surface area contributed by atoms with Crippen molar-refractivity contribution in [3.63, 3.8) is 0 Å². The molecule has 0 amide bonds. The molecule has 1 unspecified atom stereocenters. The van der Waals surface area contributed by atoms with Crippen molar-refractivity contribution in [1.82, 2.24) is 5.32 Å². The van der Waals surface area contributed by atoms with Crippen LogP contribution in [-0.2, 0) is 11.3 Å². The van der Waals surface area contributed by atoms with Gasteiger partial charge in [-0.1, -0.05) is 34.1 Å². The first kappa shape index (κ1) is 14.3. The summed E-state index contributed by atoms with van der Waals surface area (Å²) >= 11 is 3.65. The van der Waals surface area contributed by atoms with E-state index in [0.717, 1.165) is 16.0 Å². The van der Waals surface area contributed by atoms with Crippen LogP contribution in [0.2, 0.25) is 0 Å². The molecule has 0 saturated heterocycles. The van der Waals surface area contributed by atoms with Gasteiger partial charge in [0.2, 0.25) is 0 Å². The van der Waals surface area contributed by atoms with Gasteiger partial charge in [0.1, 0.15) is 18.1 Å². The standard InChI is InChI=1S/C15H18BrNO2/c1-10-5-4-6-12(14(10)16)15(17-2)13-8-7-11(19-13)9-18-3/h4-8,15,17H,9H2,1-3H3. The summed E-state index contributed by atoms with van der Waals surface area (Å²) in [6.45, 7) is 2.57. The van der Waals surface area contributed by atoms with E-state index in [0.29, 0.717) is 6.61 Å². The van der Waals surface area contributed by atoms with Gasteiger partial charge < -0.3 is 14.5 Å². The Kier molecular flexibility index (Phi) is 4.80. The van der Waals surface area contributed by atoms with Crippen molar-refractivity contribution in [3.8, 4) is 0 Å². The van der Waals surface area contributed by atoms with E-state index in [-0.39, 0.29) is 6.04 Å². The Morgan fingerprint density at radius 3 is 2.79 bits per heavy atom. The van der Waals surface area contributed by atoms with Crippen molar-refractivity contribution in [2.24, 2.45) is 0 Å². The summed E-state index contributed by atoms with van der Waals surface area (Å²) in [7, 11) is 3.59. The van der Waals surface area contributed by atoms with Crippen LogP contribution >= 0.6 is 15.9 Å². The second kappa shape index (κ2) is 6.37.